The van der Waals surface area contributed by atoms with E-state index in [4.69, 9.17) is 23.2 Å². The highest BCUT2D eigenvalue weighted by atomic mass is 35.5. The van der Waals surface area contributed by atoms with Gasteiger partial charge in [0.25, 0.3) is 0 Å². The Kier molecular flexibility index (Phi) is 5.58. The van der Waals surface area contributed by atoms with Gasteiger partial charge in [-0.25, -0.2) is 0 Å². The molecule has 2 nitrogen and oxygen atoms in total. The fourth-order valence-corrected chi connectivity index (χ4v) is 3.56. The monoisotopic (exact) mass is 331 g/mol. The predicted octanol–water partition coefficient (Wildman–Crippen LogP) is 4.93. The Labute approximate surface area is 130 Å². The van der Waals surface area contributed by atoms with Crippen molar-refractivity contribution < 1.29 is 4.79 Å². The number of thioether (sulfide) groups is 1. The highest BCUT2D eigenvalue weighted by Gasteiger charge is 2.04. The van der Waals surface area contributed by atoms with Gasteiger partial charge in [-0.2, -0.15) is 0 Å². The molecule has 1 amide bonds. The van der Waals surface area contributed by atoms with Crippen molar-refractivity contribution in [1.29, 1.82) is 0 Å². The van der Waals surface area contributed by atoms with Gasteiger partial charge >= 0.3 is 0 Å². The molecular formula is C13H11Cl2NOS2. The predicted molar refractivity (Wildman–Crippen MR) is 85.6 cm³/mol. The Morgan fingerprint density at radius 3 is 2.53 bits per heavy atom. The summed E-state index contributed by atoms with van der Waals surface area (Å²) < 4.78 is 0.779. The number of anilines is 1. The SMILES string of the molecule is O=C(CSCc1ccc(Cl)s1)Nc1ccc(Cl)cc1. The lowest BCUT2D eigenvalue weighted by Gasteiger charge is -2.04. The summed E-state index contributed by atoms with van der Waals surface area (Å²) in [5.41, 5.74) is 0.758. The summed E-state index contributed by atoms with van der Waals surface area (Å²) in [6.45, 7) is 0. The minimum absolute atomic E-state index is 0.0185. The van der Waals surface area contributed by atoms with E-state index >= 15 is 0 Å². The number of rotatable bonds is 5. The number of halogens is 2. The van der Waals surface area contributed by atoms with Crippen molar-refractivity contribution in [2.45, 2.75) is 5.75 Å². The van der Waals surface area contributed by atoms with E-state index in [0.29, 0.717) is 10.8 Å². The molecule has 1 aromatic carbocycles. The highest BCUT2D eigenvalue weighted by molar-refractivity contribution is 7.99. The molecule has 6 heteroatoms. The van der Waals surface area contributed by atoms with E-state index in [1.54, 1.807) is 47.4 Å². The van der Waals surface area contributed by atoms with Crippen molar-refractivity contribution in [1.82, 2.24) is 0 Å². The van der Waals surface area contributed by atoms with Crippen LogP contribution in [0.4, 0.5) is 5.69 Å². The van der Waals surface area contributed by atoms with E-state index < -0.39 is 0 Å². The number of hydrogen-bond acceptors (Lipinski definition) is 3. The minimum Gasteiger partial charge on any atom is -0.325 e. The maximum absolute atomic E-state index is 11.7. The molecule has 1 N–H and O–H groups in total. The largest absolute Gasteiger partial charge is 0.325 e. The number of carbonyl (C=O) groups is 1. The first-order chi connectivity index (χ1) is 9.13. The molecule has 0 atom stereocenters. The molecule has 2 rings (SSSR count). The summed E-state index contributed by atoms with van der Waals surface area (Å²) in [6.07, 6.45) is 0. The molecule has 0 saturated carbocycles. The van der Waals surface area contributed by atoms with E-state index in [9.17, 15) is 4.79 Å². The Morgan fingerprint density at radius 2 is 1.89 bits per heavy atom. The fourth-order valence-electron chi connectivity index (χ4n) is 1.40. The number of hydrogen-bond donors (Lipinski definition) is 1. The van der Waals surface area contributed by atoms with Gasteiger partial charge in [0.2, 0.25) is 5.91 Å². The molecule has 0 spiro atoms. The summed E-state index contributed by atoms with van der Waals surface area (Å²) in [5.74, 6) is 1.19. The van der Waals surface area contributed by atoms with Crippen molar-refractivity contribution in [2.75, 3.05) is 11.1 Å². The lowest BCUT2D eigenvalue weighted by Crippen LogP contribution is -2.13. The van der Waals surface area contributed by atoms with E-state index in [1.165, 1.54) is 4.88 Å². The van der Waals surface area contributed by atoms with Gasteiger partial charge in [-0.1, -0.05) is 23.2 Å². The van der Waals surface area contributed by atoms with Crippen LogP contribution in [0.1, 0.15) is 4.88 Å². The van der Waals surface area contributed by atoms with E-state index in [0.717, 1.165) is 15.8 Å². The number of amides is 1. The van der Waals surface area contributed by atoms with Gasteiger partial charge in [0.05, 0.1) is 10.1 Å². The molecule has 0 unspecified atom stereocenters. The summed E-state index contributed by atoms with van der Waals surface area (Å²) in [4.78, 5) is 12.9. The molecule has 0 fully saturated rings. The lowest BCUT2D eigenvalue weighted by atomic mass is 10.3. The summed E-state index contributed by atoms with van der Waals surface area (Å²) >= 11 is 14.7. The van der Waals surface area contributed by atoms with Gasteiger partial charge in [0.1, 0.15) is 0 Å². The molecule has 1 aromatic heterocycles. The summed E-state index contributed by atoms with van der Waals surface area (Å²) in [7, 11) is 0. The van der Waals surface area contributed by atoms with Crippen molar-refractivity contribution in [3.63, 3.8) is 0 Å². The van der Waals surface area contributed by atoms with Crippen molar-refractivity contribution in [3.8, 4) is 0 Å². The number of carbonyl (C=O) groups excluding carboxylic acids is 1. The zero-order valence-electron chi connectivity index (χ0n) is 9.86. The van der Waals surface area contributed by atoms with Crippen LogP contribution in [0.2, 0.25) is 9.36 Å². The maximum Gasteiger partial charge on any atom is 0.234 e. The molecule has 100 valence electrons. The van der Waals surface area contributed by atoms with E-state index in [1.807, 2.05) is 12.1 Å². The van der Waals surface area contributed by atoms with Crippen LogP contribution in [0.3, 0.4) is 0 Å². The quantitative estimate of drug-likeness (QED) is 0.841. The molecular weight excluding hydrogens is 321 g/mol. The third-order valence-electron chi connectivity index (χ3n) is 2.23. The molecule has 0 saturated heterocycles. The molecule has 0 aliphatic rings. The van der Waals surface area contributed by atoms with Gasteiger partial charge in [-0.3, -0.25) is 4.79 Å². The molecule has 19 heavy (non-hydrogen) atoms. The normalized spacial score (nSPS) is 10.4. The maximum atomic E-state index is 11.7. The van der Waals surface area contributed by atoms with Crippen LogP contribution in [-0.2, 0) is 10.5 Å². The average Bonchev–Trinajstić information content (AvgIpc) is 2.78. The standard InChI is InChI=1S/C13H11Cl2NOS2/c14-9-1-3-10(4-2-9)16-13(17)8-18-7-11-5-6-12(15)19-11/h1-6H,7-8H2,(H,16,17). The van der Waals surface area contributed by atoms with Crippen LogP contribution in [0.5, 0.6) is 0 Å². The first-order valence-corrected chi connectivity index (χ1v) is 8.23. The Morgan fingerprint density at radius 1 is 1.16 bits per heavy atom. The average molecular weight is 332 g/mol. The minimum atomic E-state index is -0.0185. The van der Waals surface area contributed by atoms with Crippen LogP contribution < -0.4 is 5.32 Å². The second-order valence-electron chi connectivity index (χ2n) is 3.75. The first kappa shape index (κ1) is 14.7. The number of thiophene rings is 1. The third kappa shape index (κ3) is 5.07. The van der Waals surface area contributed by atoms with Crippen LogP contribution in [0, 0.1) is 0 Å². The lowest BCUT2D eigenvalue weighted by molar-refractivity contribution is -0.113. The van der Waals surface area contributed by atoms with E-state index in [2.05, 4.69) is 5.32 Å². The molecule has 0 radical (unpaired) electrons. The van der Waals surface area contributed by atoms with Crippen molar-refractivity contribution in [2.24, 2.45) is 0 Å². The Hall–Kier alpha value is -0.680. The van der Waals surface area contributed by atoms with Gasteiger partial charge in [0, 0.05) is 21.3 Å². The second kappa shape index (κ2) is 7.20. The Bertz CT molecular complexity index is 554. The third-order valence-corrected chi connectivity index (χ3v) is 4.88. The van der Waals surface area contributed by atoms with Crippen molar-refractivity contribution >= 4 is 57.9 Å². The number of benzene rings is 1. The van der Waals surface area contributed by atoms with Gasteiger partial charge < -0.3 is 5.32 Å². The highest BCUT2D eigenvalue weighted by Crippen LogP contribution is 2.25. The van der Waals surface area contributed by atoms with Crippen molar-refractivity contribution in [3.05, 3.63) is 50.6 Å². The fraction of sp³-hybridized carbons (Fsp3) is 0.154. The zero-order chi connectivity index (χ0) is 13.7. The van der Waals surface area contributed by atoms with Gasteiger partial charge in [0.15, 0.2) is 0 Å². The van der Waals surface area contributed by atoms with Crippen LogP contribution >= 0.6 is 46.3 Å². The molecule has 0 aliphatic carbocycles. The molecule has 1 heterocycles. The van der Waals surface area contributed by atoms with Crippen LogP contribution in [-0.4, -0.2) is 11.7 Å². The summed E-state index contributed by atoms with van der Waals surface area (Å²) in [6, 6.07) is 10.9. The topological polar surface area (TPSA) is 29.1 Å². The summed E-state index contributed by atoms with van der Waals surface area (Å²) in [5, 5.41) is 3.47. The molecule has 0 bridgehead atoms. The number of nitrogens with one attached hydrogen (secondary N) is 1. The Balaban J connectivity index is 1.74. The van der Waals surface area contributed by atoms with Crippen LogP contribution in [0.25, 0.3) is 0 Å². The van der Waals surface area contributed by atoms with E-state index in [-0.39, 0.29) is 5.91 Å². The molecule has 0 aliphatic heterocycles. The van der Waals surface area contributed by atoms with Gasteiger partial charge in [-0.15, -0.1) is 23.1 Å². The molecule has 2 aromatic rings. The zero-order valence-corrected chi connectivity index (χ0v) is 13.0. The first-order valence-electron chi connectivity index (χ1n) is 5.51. The smallest absolute Gasteiger partial charge is 0.234 e. The van der Waals surface area contributed by atoms with Crippen LogP contribution in [0.15, 0.2) is 36.4 Å². The van der Waals surface area contributed by atoms with Gasteiger partial charge in [-0.05, 0) is 36.4 Å². The second-order valence-corrected chi connectivity index (χ2v) is 6.98.